The number of amides is 2. The van der Waals surface area contributed by atoms with Crippen LogP contribution in [0.4, 0.5) is 5.69 Å². The minimum absolute atomic E-state index is 0.00351. The van der Waals surface area contributed by atoms with Gasteiger partial charge in [-0.25, -0.2) is 0 Å². The summed E-state index contributed by atoms with van der Waals surface area (Å²) in [5, 5.41) is 3.44. The first-order valence-corrected chi connectivity index (χ1v) is 12.0. The number of ketones is 1. The van der Waals surface area contributed by atoms with Crippen molar-refractivity contribution >= 4 is 35.0 Å². The SMILES string of the molecule is CC(C)(C)c1ccc(C(=O)/C=C2\SCC(=O)N2CC(=O)Nc2ccccc2C(C)(C)C)cc1. The van der Waals surface area contributed by atoms with Gasteiger partial charge in [-0.2, -0.15) is 0 Å². The molecule has 1 fully saturated rings. The second-order valence-corrected chi connectivity index (χ2v) is 11.3. The van der Waals surface area contributed by atoms with Gasteiger partial charge in [0.25, 0.3) is 0 Å². The molecular formula is C27H32N2O3S. The highest BCUT2D eigenvalue weighted by atomic mass is 32.2. The molecule has 0 atom stereocenters. The average Bonchev–Trinajstić information content (AvgIpc) is 3.06. The van der Waals surface area contributed by atoms with E-state index in [9.17, 15) is 14.4 Å². The predicted molar refractivity (Wildman–Crippen MR) is 135 cm³/mol. The molecule has 1 aliphatic rings. The van der Waals surface area contributed by atoms with Gasteiger partial charge in [0.05, 0.1) is 10.8 Å². The normalized spacial score (nSPS) is 15.8. The van der Waals surface area contributed by atoms with Gasteiger partial charge >= 0.3 is 0 Å². The van der Waals surface area contributed by atoms with Gasteiger partial charge in [0.15, 0.2) is 5.78 Å². The number of nitrogens with zero attached hydrogens (tertiary/aromatic N) is 1. The van der Waals surface area contributed by atoms with Crippen molar-refractivity contribution in [3.63, 3.8) is 0 Å². The van der Waals surface area contributed by atoms with Crippen molar-refractivity contribution in [3.05, 3.63) is 76.3 Å². The summed E-state index contributed by atoms with van der Waals surface area (Å²) in [5.41, 5.74) is 3.32. The Balaban J connectivity index is 1.74. The van der Waals surface area contributed by atoms with E-state index in [1.165, 1.54) is 22.7 Å². The first-order valence-electron chi connectivity index (χ1n) is 11.1. The fourth-order valence-corrected chi connectivity index (χ4v) is 4.55. The number of hydrogen-bond acceptors (Lipinski definition) is 4. The molecule has 2 aromatic carbocycles. The highest BCUT2D eigenvalue weighted by Gasteiger charge is 2.30. The molecular weight excluding hydrogens is 432 g/mol. The zero-order valence-corrected chi connectivity index (χ0v) is 21.0. The second-order valence-electron chi connectivity index (χ2n) is 10.3. The van der Waals surface area contributed by atoms with Crippen molar-refractivity contribution in [1.82, 2.24) is 4.90 Å². The topological polar surface area (TPSA) is 66.5 Å². The van der Waals surface area contributed by atoms with E-state index in [4.69, 9.17) is 0 Å². The van der Waals surface area contributed by atoms with Crippen molar-refractivity contribution < 1.29 is 14.4 Å². The molecule has 0 unspecified atom stereocenters. The summed E-state index contributed by atoms with van der Waals surface area (Å²) < 4.78 is 0. The van der Waals surface area contributed by atoms with Crippen LogP contribution >= 0.6 is 11.8 Å². The number of rotatable bonds is 5. The van der Waals surface area contributed by atoms with Crippen molar-refractivity contribution in [1.29, 1.82) is 0 Å². The Morgan fingerprint density at radius 1 is 0.970 bits per heavy atom. The number of allylic oxidation sites excluding steroid dienone is 1. The summed E-state index contributed by atoms with van der Waals surface area (Å²) in [6, 6.07) is 15.2. The summed E-state index contributed by atoms with van der Waals surface area (Å²) in [6.07, 6.45) is 1.46. The fraction of sp³-hybridized carbons (Fsp3) is 0.370. The lowest BCUT2D eigenvalue weighted by molar-refractivity contribution is -0.129. The molecule has 5 nitrogen and oxygen atoms in total. The number of thioether (sulfide) groups is 1. The molecule has 0 spiro atoms. The average molecular weight is 465 g/mol. The van der Waals surface area contributed by atoms with Gasteiger partial charge in [0.1, 0.15) is 6.54 Å². The van der Waals surface area contributed by atoms with Crippen LogP contribution in [0.2, 0.25) is 0 Å². The van der Waals surface area contributed by atoms with Crippen molar-refractivity contribution in [2.24, 2.45) is 0 Å². The molecule has 1 N–H and O–H groups in total. The highest BCUT2D eigenvalue weighted by Crippen LogP contribution is 2.31. The quantitative estimate of drug-likeness (QED) is 0.467. The maximum atomic E-state index is 12.8. The maximum absolute atomic E-state index is 12.8. The smallest absolute Gasteiger partial charge is 0.244 e. The first-order chi connectivity index (χ1) is 15.4. The van der Waals surface area contributed by atoms with Crippen molar-refractivity contribution in [3.8, 4) is 0 Å². The molecule has 174 valence electrons. The van der Waals surface area contributed by atoms with Gasteiger partial charge in [-0.05, 0) is 28.0 Å². The molecule has 1 aliphatic heterocycles. The highest BCUT2D eigenvalue weighted by molar-refractivity contribution is 8.04. The number of anilines is 1. The van der Waals surface area contributed by atoms with Gasteiger partial charge in [-0.3, -0.25) is 19.3 Å². The van der Waals surface area contributed by atoms with Crippen LogP contribution in [0.1, 0.15) is 63.0 Å². The first kappa shape index (κ1) is 24.8. The van der Waals surface area contributed by atoms with E-state index < -0.39 is 0 Å². The van der Waals surface area contributed by atoms with Crippen LogP contribution in [0.25, 0.3) is 0 Å². The number of nitrogens with one attached hydrogen (secondary N) is 1. The Bertz CT molecular complexity index is 1090. The maximum Gasteiger partial charge on any atom is 0.244 e. The summed E-state index contributed by atoms with van der Waals surface area (Å²) >= 11 is 1.28. The second kappa shape index (κ2) is 9.56. The Hall–Kier alpha value is -2.86. The monoisotopic (exact) mass is 464 g/mol. The largest absolute Gasteiger partial charge is 0.324 e. The molecule has 6 heteroatoms. The Morgan fingerprint density at radius 3 is 2.21 bits per heavy atom. The summed E-state index contributed by atoms with van der Waals surface area (Å²) in [6.45, 7) is 12.5. The van der Waals surface area contributed by atoms with E-state index in [1.807, 2.05) is 48.5 Å². The van der Waals surface area contributed by atoms with Crippen LogP contribution in [0.3, 0.4) is 0 Å². The molecule has 0 aliphatic carbocycles. The van der Waals surface area contributed by atoms with Crippen molar-refractivity contribution in [2.45, 2.75) is 52.4 Å². The van der Waals surface area contributed by atoms with Crippen LogP contribution < -0.4 is 5.32 Å². The molecule has 0 bridgehead atoms. The number of benzene rings is 2. The molecule has 2 amide bonds. The molecule has 33 heavy (non-hydrogen) atoms. The Morgan fingerprint density at radius 2 is 1.61 bits per heavy atom. The zero-order chi connectivity index (χ0) is 24.4. The third-order valence-corrected chi connectivity index (χ3v) is 6.54. The molecule has 3 rings (SSSR count). The van der Waals surface area contributed by atoms with Crippen LogP contribution in [-0.4, -0.2) is 34.8 Å². The summed E-state index contributed by atoms with van der Waals surface area (Å²) in [4.78, 5) is 39.5. The van der Waals surface area contributed by atoms with Crippen LogP contribution in [0, 0.1) is 0 Å². The lowest BCUT2D eigenvalue weighted by Crippen LogP contribution is -2.34. The van der Waals surface area contributed by atoms with E-state index in [1.54, 1.807) is 0 Å². The Kier molecular flexibility index (Phi) is 7.17. The van der Waals surface area contributed by atoms with Crippen LogP contribution in [0.5, 0.6) is 0 Å². The third kappa shape index (κ3) is 6.14. The molecule has 0 saturated carbocycles. The van der Waals surface area contributed by atoms with Crippen LogP contribution in [-0.2, 0) is 20.4 Å². The Labute approximate surface area is 200 Å². The van der Waals surface area contributed by atoms with Gasteiger partial charge in [0, 0.05) is 17.3 Å². The van der Waals surface area contributed by atoms with E-state index in [0.717, 1.165) is 16.8 Å². The molecule has 0 aromatic heterocycles. The summed E-state index contributed by atoms with van der Waals surface area (Å²) in [7, 11) is 0. The van der Waals surface area contributed by atoms with E-state index >= 15 is 0 Å². The van der Waals surface area contributed by atoms with Gasteiger partial charge in [-0.15, -0.1) is 0 Å². The molecule has 1 saturated heterocycles. The number of carbonyl (C=O) groups is 3. The van der Waals surface area contributed by atoms with Gasteiger partial charge < -0.3 is 5.32 Å². The number of carbonyl (C=O) groups excluding carboxylic acids is 3. The third-order valence-electron chi connectivity index (χ3n) is 5.51. The number of hydrogen-bond donors (Lipinski definition) is 1. The summed E-state index contributed by atoms with van der Waals surface area (Å²) in [5.74, 6) is -0.443. The molecule has 2 aromatic rings. The van der Waals surface area contributed by atoms with Gasteiger partial charge in [0.2, 0.25) is 11.8 Å². The van der Waals surface area contributed by atoms with E-state index in [0.29, 0.717) is 10.6 Å². The standard InChI is InChI=1S/C27H32N2O3S/c1-26(2,3)19-13-11-18(12-14-19)22(30)15-25-29(24(32)17-33-25)16-23(31)28-21-10-8-7-9-20(21)27(4,5)6/h7-15H,16-17H2,1-6H3,(H,28,31)/b25-15-. The zero-order valence-electron chi connectivity index (χ0n) is 20.2. The predicted octanol–water partition coefficient (Wildman–Crippen LogP) is 5.52. The minimum atomic E-state index is -0.296. The lowest BCUT2D eigenvalue weighted by Gasteiger charge is -2.24. The fourth-order valence-electron chi connectivity index (χ4n) is 3.61. The minimum Gasteiger partial charge on any atom is -0.324 e. The molecule has 0 radical (unpaired) electrons. The van der Waals surface area contributed by atoms with E-state index in [2.05, 4.69) is 46.9 Å². The molecule has 1 heterocycles. The van der Waals surface area contributed by atoms with Crippen molar-refractivity contribution in [2.75, 3.05) is 17.6 Å². The van der Waals surface area contributed by atoms with Crippen LogP contribution in [0.15, 0.2) is 59.6 Å². The lowest BCUT2D eigenvalue weighted by atomic mass is 9.86. The number of para-hydroxylation sites is 1. The van der Waals surface area contributed by atoms with Gasteiger partial charge in [-0.1, -0.05) is 95.8 Å². The van der Waals surface area contributed by atoms with E-state index in [-0.39, 0.29) is 40.7 Å².